The summed E-state index contributed by atoms with van der Waals surface area (Å²) in [6.07, 6.45) is 3.71. The highest BCUT2D eigenvalue weighted by Crippen LogP contribution is 2.48. The third-order valence-corrected chi connectivity index (χ3v) is 8.79. The highest BCUT2D eigenvalue weighted by atomic mass is 16.6. The second-order valence-corrected chi connectivity index (χ2v) is 12.7. The van der Waals surface area contributed by atoms with Crippen LogP contribution in [0.4, 0.5) is 0 Å². The molecule has 0 bridgehead atoms. The Balaban J connectivity index is 1.06. The first-order valence-corrected chi connectivity index (χ1v) is 17.8. The summed E-state index contributed by atoms with van der Waals surface area (Å²) in [4.78, 5) is 10.3. The second kappa shape index (κ2) is 22.1. The summed E-state index contributed by atoms with van der Waals surface area (Å²) in [7, 11) is 0. The Morgan fingerprint density at radius 1 is 0.740 bits per heavy atom. The van der Waals surface area contributed by atoms with Crippen LogP contribution in [-0.4, -0.2) is 115 Å². The number of carbonyl (C=O) groups is 1. The number of hydrogen-bond donors (Lipinski definition) is 1. The maximum atomic E-state index is 10.3. The number of carboxylic acids is 1. The molecule has 0 atom stereocenters. The zero-order valence-corrected chi connectivity index (χ0v) is 30.1. The molecule has 0 amide bonds. The van der Waals surface area contributed by atoms with Crippen molar-refractivity contribution in [3.05, 3.63) is 76.0 Å². The monoisotopic (exact) mass is 700 g/mol. The van der Waals surface area contributed by atoms with Crippen molar-refractivity contribution in [2.24, 2.45) is 0 Å². The summed E-state index contributed by atoms with van der Waals surface area (Å²) in [5.41, 5.74) is 6.96. The number of aryl methyl sites for hydroxylation is 3. The molecule has 2 aromatic carbocycles. The first-order valence-electron chi connectivity index (χ1n) is 17.8. The predicted molar refractivity (Wildman–Crippen MR) is 188 cm³/mol. The van der Waals surface area contributed by atoms with Crippen LogP contribution in [0.25, 0.3) is 5.57 Å². The zero-order valence-electron chi connectivity index (χ0n) is 30.1. The van der Waals surface area contributed by atoms with E-state index in [0.717, 1.165) is 37.0 Å². The van der Waals surface area contributed by atoms with Crippen molar-refractivity contribution in [1.29, 1.82) is 0 Å². The molecule has 0 radical (unpaired) electrons. The molecule has 11 nitrogen and oxygen atoms in total. The third-order valence-electron chi connectivity index (χ3n) is 8.79. The van der Waals surface area contributed by atoms with Crippen molar-refractivity contribution in [1.82, 2.24) is 0 Å². The fraction of sp³-hybridized carbons (Fsp3) is 0.615. The molecule has 0 unspecified atom stereocenters. The number of rotatable bonds is 25. The first kappa shape index (κ1) is 39.9. The molecule has 11 heteroatoms. The van der Waals surface area contributed by atoms with E-state index in [-0.39, 0.29) is 19.3 Å². The maximum Gasteiger partial charge on any atom is 0.329 e. The highest BCUT2D eigenvalue weighted by molar-refractivity contribution is 5.76. The molecule has 1 N–H and O–H groups in total. The van der Waals surface area contributed by atoms with Crippen molar-refractivity contribution in [2.45, 2.75) is 64.8 Å². The van der Waals surface area contributed by atoms with Gasteiger partial charge in [0.25, 0.3) is 0 Å². The number of aliphatic carboxylic acids is 1. The van der Waals surface area contributed by atoms with Gasteiger partial charge in [0.05, 0.1) is 92.0 Å². The minimum absolute atomic E-state index is 0.171. The molecular formula is C39H56O11. The van der Waals surface area contributed by atoms with Gasteiger partial charge in [0.1, 0.15) is 24.6 Å². The smallest absolute Gasteiger partial charge is 0.329 e. The van der Waals surface area contributed by atoms with E-state index in [1.807, 2.05) is 18.2 Å². The van der Waals surface area contributed by atoms with Crippen LogP contribution in [0.15, 0.2) is 48.2 Å². The normalized spacial score (nSPS) is 19.1. The molecule has 1 aliphatic heterocycles. The zero-order chi connectivity index (χ0) is 35.4. The van der Waals surface area contributed by atoms with Crippen molar-refractivity contribution in [2.75, 3.05) is 92.5 Å². The van der Waals surface area contributed by atoms with Gasteiger partial charge in [-0.25, -0.2) is 4.79 Å². The standard InChI is InChI=1S/C39H56O11/c1-30-25-31(2)37(32(3)26-30)35-28-50-39(38(35)49-27-33-7-5-4-6-8-33)11-9-34(10-12-39)48-24-23-46-20-19-44-16-15-42-13-14-43-17-18-45-21-22-47-29-36(40)41/h4-8,25-26,34H,9-24,27-29H2,1-3H3,(H,40,41)/t34-,39+. The molecule has 1 heterocycles. The van der Waals surface area contributed by atoms with Gasteiger partial charge in [0.15, 0.2) is 0 Å². The Kier molecular flexibility index (Phi) is 17.7. The van der Waals surface area contributed by atoms with E-state index >= 15 is 0 Å². The van der Waals surface area contributed by atoms with Gasteiger partial charge in [0, 0.05) is 5.57 Å². The van der Waals surface area contributed by atoms with Crippen molar-refractivity contribution in [3.63, 3.8) is 0 Å². The van der Waals surface area contributed by atoms with Crippen molar-refractivity contribution < 1.29 is 52.5 Å². The van der Waals surface area contributed by atoms with E-state index in [4.69, 9.17) is 47.7 Å². The number of benzene rings is 2. The average Bonchev–Trinajstić information content (AvgIpc) is 3.43. The lowest BCUT2D eigenvalue weighted by Gasteiger charge is -2.38. The lowest BCUT2D eigenvalue weighted by atomic mass is 9.80. The topological polar surface area (TPSA) is 120 Å². The number of ether oxygens (including phenoxy) is 9. The second-order valence-electron chi connectivity index (χ2n) is 12.7. The summed E-state index contributed by atoms with van der Waals surface area (Å²) < 4.78 is 51.9. The van der Waals surface area contributed by atoms with Crippen LogP contribution < -0.4 is 0 Å². The minimum atomic E-state index is -0.992. The summed E-state index contributed by atoms with van der Waals surface area (Å²) in [5, 5.41) is 8.47. The molecule has 1 saturated carbocycles. The van der Waals surface area contributed by atoms with Gasteiger partial charge in [-0.15, -0.1) is 0 Å². The van der Waals surface area contributed by atoms with Gasteiger partial charge in [-0.1, -0.05) is 48.0 Å². The van der Waals surface area contributed by atoms with Crippen molar-refractivity contribution >= 4 is 11.5 Å². The molecule has 278 valence electrons. The largest absolute Gasteiger partial charge is 0.490 e. The summed E-state index contributed by atoms with van der Waals surface area (Å²) in [5.74, 6) is 0.00613. The summed E-state index contributed by atoms with van der Waals surface area (Å²) in [6, 6.07) is 14.8. The van der Waals surface area contributed by atoms with E-state index in [2.05, 4.69) is 45.0 Å². The number of hydrogen-bond acceptors (Lipinski definition) is 10. The highest BCUT2D eigenvalue weighted by Gasteiger charge is 2.47. The van der Waals surface area contributed by atoms with Gasteiger partial charge in [-0.05, 0) is 68.7 Å². The Morgan fingerprint density at radius 3 is 1.76 bits per heavy atom. The van der Waals surface area contributed by atoms with Crippen LogP contribution in [0.1, 0.15) is 53.5 Å². The van der Waals surface area contributed by atoms with Crippen LogP contribution >= 0.6 is 0 Å². The van der Waals surface area contributed by atoms with Gasteiger partial charge < -0.3 is 47.7 Å². The first-order chi connectivity index (χ1) is 24.4. The van der Waals surface area contributed by atoms with Gasteiger partial charge >= 0.3 is 5.97 Å². The molecule has 0 aromatic heterocycles. The third kappa shape index (κ3) is 13.4. The lowest BCUT2D eigenvalue weighted by molar-refractivity contribution is -0.142. The summed E-state index contributed by atoms with van der Waals surface area (Å²) in [6.45, 7) is 12.7. The lowest BCUT2D eigenvalue weighted by Crippen LogP contribution is -2.39. The van der Waals surface area contributed by atoms with E-state index in [9.17, 15) is 4.79 Å². The van der Waals surface area contributed by atoms with E-state index in [1.54, 1.807) is 0 Å². The Hall–Kier alpha value is -2.87. The molecule has 2 aliphatic rings. The van der Waals surface area contributed by atoms with Crippen LogP contribution in [0.2, 0.25) is 0 Å². The van der Waals surface area contributed by atoms with Crippen LogP contribution in [0.3, 0.4) is 0 Å². The Labute approximate surface area is 297 Å². The van der Waals surface area contributed by atoms with Crippen LogP contribution in [-0.2, 0) is 54.0 Å². The van der Waals surface area contributed by atoms with E-state index < -0.39 is 11.6 Å². The molecular weight excluding hydrogens is 644 g/mol. The van der Waals surface area contributed by atoms with Crippen LogP contribution in [0, 0.1) is 20.8 Å². The molecule has 50 heavy (non-hydrogen) atoms. The molecule has 2 aromatic rings. The average molecular weight is 701 g/mol. The van der Waals surface area contributed by atoms with Gasteiger partial charge in [0.2, 0.25) is 0 Å². The molecule has 1 aliphatic carbocycles. The number of carboxylic acid groups (broad SMARTS) is 1. The fourth-order valence-electron chi connectivity index (χ4n) is 6.53. The molecule has 1 spiro atoms. The fourth-order valence-corrected chi connectivity index (χ4v) is 6.53. The molecule has 1 fully saturated rings. The molecule has 4 rings (SSSR count). The predicted octanol–water partition coefficient (Wildman–Crippen LogP) is 5.45. The quantitative estimate of drug-likeness (QED) is 0.133. The van der Waals surface area contributed by atoms with E-state index in [1.165, 1.54) is 27.8 Å². The SMILES string of the molecule is Cc1cc(C)c(C2=C(OCc3ccccc3)[C@]3(CC[C@H](OCCOCCOCCOCCOCCOCCOCC(=O)O)CC3)OC2)c(C)c1. The molecule has 0 saturated heterocycles. The van der Waals surface area contributed by atoms with Crippen LogP contribution in [0.5, 0.6) is 0 Å². The van der Waals surface area contributed by atoms with Gasteiger partial charge in [-0.2, -0.15) is 0 Å². The van der Waals surface area contributed by atoms with E-state index in [0.29, 0.717) is 85.9 Å². The minimum Gasteiger partial charge on any atom is -0.490 e. The summed E-state index contributed by atoms with van der Waals surface area (Å²) >= 11 is 0. The Bertz CT molecular complexity index is 1280. The maximum absolute atomic E-state index is 10.3. The van der Waals surface area contributed by atoms with Gasteiger partial charge in [-0.3, -0.25) is 0 Å². The Morgan fingerprint density at radius 2 is 1.24 bits per heavy atom. The van der Waals surface area contributed by atoms with Crippen molar-refractivity contribution in [3.8, 4) is 0 Å².